The third kappa shape index (κ3) is 3.64. The Bertz CT molecular complexity index is 518. The summed E-state index contributed by atoms with van der Waals surface area (Å²) < 4.78 is 14.0. The lowest BCUT2D eigenvalue weighted by Crippen LogP contribution is -2.17. The molecule has 0 spiro atoms. The fraction of sp³-hybridized carbons (Fsp3) is 0.286. The standard InChI is InChI=1S/C14H15BrFNS/c1-9-3-4-14(18-9)10(2)17-8-11-5-12(15)7-13(16)6-11/h3-7,10,17H,8H2,1-2H3. The predicted molar refractivity (Wildman–Crippen MR) is 78.4 cm³/mol. The molecule has 18 heavy (non-hydrogen) atoms. The van der Waals surface area contributed by atoms with Gasteiger partial charge >= 0.3 is 0 Å². The number of benzene rings is 1. The summed E-state index contributed by atoms with van der Waals surface area (Å²) in [5.74, 6) is -0.208. The molecule has 0 aliphatic carbocycles. The van der Waals surface area contributed by atoms with Gasteiger partial charge < -0.3 is 5.32 Å². The van der Waals surface area contributed by atoms with Gasteiger partial charge in [0.15, 0.2) is 0 Å². The fourth-order valence-corrected chi connectivity index (χ4v) is 3.19. The van der Waals surface area contributed by atoms with E-state index in [1.165, 1.54) is 15.8 Å². The van der Waals surface area contributed by atoms with Crippen LogP contribution in [0, 0.1) is 12.7 Å². The zero-order chi connectivity index (χ0) is 13.1. The number of rotatable bonds is 4. The molecule has 2 rings (SSSR count). The van der Waals surface area contributed by atoms with E-state index >= 15 is 0 Å². The summed E-state index contributed by atoms with van der Waals surface area (Å²) in [5.41, 5.74) is 0.946. The van der Waals surface area contributed by atoms with Crippen molar-refractivity contribution in [2.75, 3.05) is 0 Å². The van der Waals surface area contributed by atoms with E-state index in [0.29, 0.717) is 6.54 Å². The average molecular weight is 328 g/mol. The van der Waals surface area contributed by atoms with E-state index in [1.807, 2.05) is 6.07 Å². The lowest BCUT2D eigenvalue weighted by atomic mass is 10.2. The molecule has 0 saturated heterocycles. The lowest BCUT2D eigenvalue weighted by molar-refractivity contribution is 0.576. The molecule has 1 nitrogen and oxygen atoms in total. The molecule has 1 unspecified atom stereocenters. The first-order valence-electron chi connectivity index (χ1n) is 5.79. The molecule has 4 heteroatoms. The highest BCUT2D eigenvalue weighted by atomic mass is 79.9. The molecule has 1 N–H and O–H groups in total. The minimum Gasteiger partial charge on any atom is -0.305 e. The molecule has 1 atom stereocenters. The summed E-state index contributed by atoms with van der Waals surface area (Å²) in [6, 6.07) is 9.50. The second-order valence-electron chi connectivity index (χ2n) is 4.33. The Kier molecular flexibility index (Phi) is 4.54. The van der Waals surface area contributed by atoms with Gasteiger partial charge in [-0.3, -0.25) is 0 Å². The minimum absolute atomic E-state index is 0.208. The number of hydrogen-bond donors (Lipinski definition) is 1. The van der Waals surface area contributed by atoms with E-state index in [2.05, 4.69) is 47.2 Å². The quantitative estimate of drug-likeness (QED) is 0.849. The van der Waals surface area contributed by atoms with Crippen molar-refractivity contribution in [1.82, 2.24) is 5.32 Å². The smallest absolute Gasteiger partial charge is 0.124 e. The van der Waals surface area contributed by atoms with Crippen molar-refractivity contribution in [1.29, 1.82) is 0 Å². The van der Waals surface area contributed by atoms with Crippen LogP contribution in [0.3, 0.4) is 0 Å². The highest BCUT2D eigenvalue weighted by Gasteiger charge is 2.07. The van der Waals surface area contributed by atoms with Crippen LogP contribution < -0.4 is 5.32 Å². The molecule has 1 aromatic heterocycles. The number of thiophene rings is 1. The molecule has 0 amide bonds. The molecular formula is C14H15BrFNS. The Morgan fingerprint density at radius 2 is 2.11 bits per heavy atom. The highest BCUT2D eigenvalue weighted by molar-refractivity contribution is 9.10. The van der Waals surface area contributed by atoms with Crippen LogP contribution in [-0.2, 0) is 6.54 Å². The SMILES string of the molecule is Cc1ccc(C(C)NCc2cc(F)cc(Br)c2)s1. The Labute approximate surface area is 119 Å². The van der Waals surface area contributed by atoms with Gasteiger partial charge in [-0.15, -0.1) is 11.3 Å². The number of hydrogen-bond acceptors (Lipinski definition) is 2. The van der Waals surface area contributed by atoms with Crippen LogP contribution in [0.25, 0.3) is 0 Å². The van der Waals surface area contributed by atoms with E-state index in [4.69, 9.17) is 0 Å². The number of nitrogens with one attached hydrogen (secondary N) is 1. The predicted octanol–water partition coefficient (Wildman–Crippen LogP) is 4.81. The van der Waals surface area contributed by atoms with Crippen LogP contribution in [0.2, 0.25) is 0 Å². The molecule has 0 aliphatic heterocycles. The second kappa shape index (κ2) is 5.95. The van der Waals surface area contributed by atoms with E-state index in [9.17, 15) is 4.39 Å². The number of aryl methyl sites for hydroxylation is 1. The summed E-state index contributed by atoms with van der Waals surface area (Å²) in [6.45, 7) is 4.89. The van der Waals surface area contributed by atoms with Gasteiger partial charge in [-0.05, 0) is 49.7 Å². The van der Waals surface area contributed by atoms with Crippen LogP contribution in [0.15, 0.2) is 34.8 Å². The average Bonchev–Trinajstić information content (AvgIpc) is 2.71. The summed E-state index contributed by atoms with van der Waals surface area (Å²) in [7, 11) is 0. The summed E-state index contributed by atoms with van der Waals surface area (Å²) >= 11 is 5.09. The monoisotopic (exact) mass is 327 g/mol. The van der Waals surface area contributed by atoms with Crippen molar-refractivity contribution < 1.29 is 4.39 Å². The van der Waals surface area contributed by atoms with E-state index in [0.717, 1.165) is 10.0 Å². The molecule has 0 aliphatic rings. The molecule has 1 heterocycles. The Hall–Kier alpha value is -0.710. The van der Waals surface area contributed by atoms with Gasteiger partial charge in [0.2, 0.25) is 0 Å². The first-order chi connectivity index (χ1) is 8.54. The Balaban J connectivity index is 1.99. The van der Waals surface area contributed by atoms with E-state index in [-0.39, 0.29) is 11.9 Å². The third-order valence-corrected chi connectivity index (χ3v) is 4.36. The van der Waals surface area contributed by atoms with E-state index in [1.54, 1.807) is 17.4 Å². The zero-order valence-electron chi connectivity index (χ0n) is 10.3. The Morgan fingerprint density at radius 1 is 1.33 bits per heavy atom. The third-order valence-electron chi connectivity index (χ3n) is 2.72. The van der Waals surface area contributed by atoms with Gasteiger partial charge in [-0.2, -0.15) is 0 Å². The maximum Gasteiger partial charge on any atom is 0.124 e. The summed E-state index contributed by atoms with van der Waals surface area (Å²) in [4.78, 5) is 2.62. The van der Waals surface area contributed by atoms with Gasteiger partial charge in [-0.1, -0.05) is 15.9 Å². The second-order valence-corrected chi connectivity index (χ2v) is 6.56. The van der Waals surface area contributed by atoms with Gasteiger partial charge in [0.1, 0.15) is 5.82 Å². The van der Waals surface area contributed by atoms with Crippen LogP contribution in [0.4, 0.5) is 4.39 Å². The summed E-state index contributed by atoms with van der Waals surface area (Å²) in [5, 5.41) is 3.41. The Morgan fingerprint density at radius 3 is 2.72 bits per heavy atom. The van der Waals surface area contributed by atoms with Crippen molar-refractivity contribution in [2.45, 2.75) is 26.4 Å². The van der Waals surface area contributed by atoms with Crippen molar-refractivity contribution in [3.63, 3.8) is 0 Å². The maximum absolute atomic E-state index is 13.2. The molecule has 2 aromatic rings. The summed E-state index contributed by atoms with van der Waals surface area (Å²) in [6.07, 6.45) is 0. The fourth-order valence-electron chi connectivity index (χ4n) is 1.77. The van der Waals surface area contributed by atoms with Gasteiger partial charge in [0, 0.05) is 26.8 Å². The van der Waals surface area contributed by atoms with Gasteiger partial charge in [0.05, 0.1) is 0 Å². The van der Waals surface area contributed by atoms with Crippen molar-refractivity contribution in [2.24, 2.45) is 0 Å². The normalized spacial score (nSPS) is 12.7. The molecular weight excluding hydrogens is 313 g/mol. The lowest BCUT2D eigenvalue weighted by Gasteiger charge is -2.12. The van der Waals surface area contributed by atoms with Crippen molar-refractivity contribution >= 4 is 27.3 Å². The molecule has 96 valence electrons. The van der Waals surface area contributed by atoms with Gasteiger partial charge in [-0.25, -0.2) is 4.39 Å². The topological polar surface area (TPSA) is 12.0 Å². The minimum atomic E-state index is -0.208. The molecule has 0 radical (unpaired) electrons. The molecule has 0 bridgehead atoms. The first kappa shape index (κ1) is 13.7. The van der Waals surface area contributed by atoms with Gasteiger partial charge in [0.25, 0.3) is 0 Å². The van der Waals surface area contributed by atoms with Crippen LogP contribution >= 0.6 is 27.3 Å². The van der Waals surface area contributed by atoms with Crippen molar-refractivity contribution in [3.8, 4) is 0 Å². The molecule has 0 fully saturated rings. The first-order valence-corrected chi connectivity index (χ1v) is 7.40. The molecule has 1 aromatic carbocycles. The van der Waals surface area contributed by atoms with E-state index < -0.39 is 0 Å². The maximum atomic E-state index is 13.2. The zero-order valence-corrected chi connectivity index (χ0v) is 12.7. The molecule has 0 saturated carbocycles. The van der Waals surface area contributed by atoms with Crippen LogP contribution in [-0.4, -0.2) is 0 Å². The van der Waals surface area contributed by atoms with Crippen LogP contribution in [0.5, 0.6) is 0 Å². The van der Waals surface area contributed by atoms with Crippen molar-refractivity contribution in [3.05, 3.63) is 55.9 Å². The highest BCUT2D eigenvalue weighted by Crippen LogP contribution is 2.23. The van der Waals surface area contributed by atoms with Crippen LogP contribution in [0.1, 0.15) is 28.3 Å². The number of halogens is 2. The largest absolute Gasteiger partial charge is 0.305 e.